The van der Waals surface area contributed by atoms with Gasteiger partial charge in [0.25, 0.3) is 0 Å². The number of aromatic hydroxyl groups is 2. The zero-order chi connectivity index (χ0) is 12.1. The van der Waals surface area contributed by atoms with Crippen LogP contribution in [0.15, 0.2) is 29.8 Å². The van der Waals surface area contributed by atoms with Gasteiger partial charge in [0.1, 0.15) is 0 Å². The molecule has 0 saturated heterocycles. The fourth-order valence-electron chi connectivity index (χ4n) is 1.27. The van der Waals surface area contributed by atoms with E-state index in [0.29, 0.717) is 18.4 Å². The Labute approximate surface area is 93.5 Å². The molecule has 86 valence electrons. The monoisotopic (exact) mass is 222 g/mol. The molecule has 0 atom stereocenters. The number of carbonyl (C=O) groups is 1. The summed E-state index contributed by atoms with van der Waals surface area (Å²) in [5.41, 5.74) is 1.16. The lowest BCUT2D eigenvalue weighted by molar-refractivity contribution is -0.132. The van der Waals surface area contributed by atoms with Gasteiger partial charge in [0, 0.05) is 5.57 Å². The predicted octanol–water partition coefficient (Wildman–Crippen LogP) is 2.06. The molecular weight excluding hydrogens is 208 g/mol. The maximum Gasteiger partial charge on any atom is 0.330 e. The summed E-state index contributed by atoms with van der Waals surface area (Å²) in [7, 11) is 0. The van der Waals surface area contributed by atoms with Crippen molar-refractivity contribution in [2.24, 2.45) is 0 Å². The Balaban J connectivity index is 2.59. The molecule has 0 spiro atoms. The molecular formula is C12H14O4. The third-order valence-electron chi connectivity index (χ3n) is 2.26. The minimum absolute atomic E-state index is 0.152. The van der Waals surface area contributed by atoms with E-state index in [1.165, 1.54) is 19.1 Å². The van der Waals surface area contributed by atoms with E-state index in [9.17, 15) is 9.90 Å². The van der Waals surface area contributed by atoms with E-state index in [1.54, 1.807) is 12.1 Å². The highest BCUT2D eigenvalue weighted by Crippen LogP contribution is 2.25. The lowest BCUT2D eigenvalue weighted by Gasteiger charge is -2.01. The summed E-state index contributed by atoms with van der Waals surface area (Å²) in [4.78, 5) is 10.5. The van der Waals surface area contributed by atoms with E-state index in [4.69, 9.17) is 10.2 Å². The molecule has 0 radical (unpaired) electrons. The van der Waals surface area contributed by atoms with Crippen LogP contribution >= 0.6 is 0 Å². The van der Waals surface area contributed by atoms with Gasteiger partial charge in [0.15, 0.2) is 11.5 Å². The van der Waals surface area contributed by atoms with E-state index >= 15 is 0 Å². The van der Waals surface area contributed by atoms with Gasteiger partial charge < -0.3 is 15.3 Å². The molecule has 16 heavy (non-hydrogen) atoms. The number of phenolic OH excluding ortho intramolecular Hbond substituents is 2. The number of allylic oxidation sites excluding steroid dienone is 1. The topological polar surface area (TPSA) is 77.8 Å². The summed E-state index contributed by atoms with van der Waals surface area (Å²) < 4.78 is 0. The molecule has 0 aliphatic heterocycles. The summed E-state index contributed by atoms with van der Waals surface area (Å²) >= 11 is 0. The number of hydrogen-bond donors (Lipinski definition) is 3. The smallest absolute Gasteiger partial charge is 0.330 e. The van der Waals surface area contributed by atoms with Gasteiger partial charge >= 0.3 is 5.97 Å². The third-order valence-corrected chi connectivity index (χ3v) is 2.26. The van der Waals surface area contributed by atoms with Gasteiger partial charge in [-0.05, 0) is 37.5 Å². The summed E-state index contributed by atoms with van der Waals surface area (Å²) in [6.07, 6.45) is 2.84. The average molecular weight is 222 g/mol. The number of aryl methyl sites for hydroxylation is 1. The molecule has 3 N–H and O–H groups in total. The minimum atomic E-state index is -0.923. The highest BCUT2D eigenvalue weighted by molar-refractivity contribution is 5.85. The Morgan fingerprint density at radius 3 is 2.56 bits per heavy atom. The van der Waals surface area contributed by atoms with Crippen molar-refractivity contribution in [3.63, 3.8) is 0 Å². The fraction of sp³-hybridized carbons (Fsp3) is 0.250. The van der Waals surface area contributed by atoms with Gasteiger partial charge in [0.05, 0.1) is 0 Å². The highest BCUT2D eigenvalue weighted by Gasteiger charge is 2.01. The Bertz CT molecular complexity index is 421. The molecule has 0 aromatic heterocycles. The van der Waals surface area contributed by atoms with Crippen molar-refractivity contribution in [2.45, 2.75) is 19.8 Å². The van der Waals surface area contributed by atoms with Crippen LogP contribution in [-0.2, 0) is 11.2 Å². The van der Waals surface area contributed by atoms with Gasteiger partial charge in [0.2, 0.25) is 0 Å². The van der Waals surface area contributed by atoms with E-state index in [1.807, 2.05) is 0 Å². The van der Waals surface area contributed by atoms with Gasteiger partial charge in [-0.2, -0.15) is 0 Å². The second kappa shape index (κ2) is 5.21. The Hall–Kier alpha value is -1.97. The molecule has 0 aliphatic rings. The van der Waals surface area contributed by atoms with E-state index in [2.05, 4.69) is 0 Å². The van der Waals surface area contributed by atoms with Crippen molar-refractivity contribution in [3.05, 3.63) is 35.4 Å². The molecule has 4 nitrogen and oxygen atoms in total. The molecule has 0 amide bonds. The van der Waals surface area contributed by atoms with E-state index in [0.717, 1.165) is 5.56 Å². The second-order valence-electron chi connectivity index (χ2n) is 3.55. The lowest BCUT2D eigenvalue weighted by atomic mass is 10.1. The molecule has 0 aliphatic carbocycles. The average Bonchev–Trinajstić information content (AvgIpc) is 2.23. The van der Waals surface area contributed by atoms with Gasteiger partial charge in [-0.1, -0.05) is 12.1 Å². The summed E-state index contributed by atoms with van der Waals surface area (Å²) in [6.45, 7) is 1.54. The van der Waals surface area contributed by atoms with Crippen molar-refractivity contribution in [3.8, 4) is 11.5 Å². The third kappa shape index (κ3) is 3.31. The van der Waals surface area contributed by atoms with Crippen molar-refractivity contribution < 1.29 is 20.1 Å². The van der Waals surface area contributed by atoms with Crippen LogP contribution in [0.1, 0.15) is 18.9 Å². The molecule has 0 heterocycles. The number of aliphatic carboxylic acids is 1. The lowest BCUT2D eigenvalue weighted by Crippen LogP contribution is -1.96. The fourth-order valence-corrected chi connectivity index (χ4v) is 1.27. The molecule has 0 saturated carbocycles. The molecule has 0 bridgehead atoms. The molecule has 4 heteroatoms. The van der Waals surface area contributed by atoms with Gasteiger partial charge in [-0.15, -0.1) is 0 Å². The molecule has 1 aromatic rings. The number of rotatable bonds is 4. The normalized spacial score (nSPS) is 11.4. The van der Waals surface area contributed by atoms with Crippen molar-refractivity contribution in [2.75, 3.05) is 0 Å². The van der Waals surface area contributed by atoms with Crippen LogP contribution in [0.2, 0.25) is 0 Å². The standard InChI is InChI=1S/C12H14O4/c1-8(12(15)16)3-2-4-9-5-6-10(13)11(14)7-9/h3,5-7,13-14H,2,4H2,1H3,(H,15,16)/b8-3+. The summed E-state index contributed by atoms with van der Waals surface area (Å²) in [6, 6.07) is 4.58. The Kier molecular flexibility index (Phi) is 3.94. The van der Waals surface area contributed by atoms with Gasteiger partial charge in [-0.25, -0.2) is 4.79 Å². The first kappa shape index (κ1) is 12.1. The first-order valence-corrected chi connectivity index (χ1v) is 4.91. The Morgan fingerprint density at radius 2 is 2.00 bits per heavy atom. The number of hydrogen-bond acceptors (Lipinski definition) is 3. The number of benzene rings is 1. The van der Waals surface area contributed by atoms with Crippen LogP contribution in [0.25, 0.3) is 0 Å². The number of carboxylic acids is 1. The SMILES string of the molecule is C/C(=C\CCc1ccc(O)c(O)c1)C(=O)O. The quantitative estimate of drug-likeness (QED) is 0.538. The van der Waals surface area contributed by atoms with Crippen molar-refractivity contribution in [1.82, 2.24) is 0 Å². The summed E-state index contributed by atoms with van der Waals surface area (Å²) in [5, 5.41) is 26.9. The highest BCUT2D eigenvalue weighted by atomic mass is 16.4. The number of carboxylic acid groups (broad SMARTS) is 1. The van der Waals surface area contributed by atoms with Crippen molar-refractivity contribution >= 4 is 5.97 Å². The molecule has 0 fully saturated rings. The molecule has 1 rings (SSSR count). The first-order chi connectivity index (χ1) is 7.50. The van der Waals surface area contributed by atoms with Crippen LogP contribution in [0.4, 0.5) is 0 Å². The number of phenols is 2. The molecule has 1 aromatic carbocycles. The minimum Gasteiger partial charge on any atom is -0.504 e. The van der Waals surface area contributed by atoms with Crippen LogP contribution in [0, 0.1) is 0 Å². The van der Waals surface area contributed by atoms with Crippen LogP contribution in [0.5, 0.6) is 11.5 Å². The van der Waals surface area contributed by atoms with E-state index < -0.39 is 5.97 Å². The second-order valence-corrected chi connectivity index (χ2v) is 3.55. The zero-order valence-electron chi connectivity index (χ0n) is 8.97. The van der Waals surface area contributed by atoms with E-state index in [-0.39, 0.29) is 11.5 Å². The predicted molar refractivity (Wildman–Crippen MR) is 59.5 cm³/mol. The summed E-state index contributed by atoms with van der Waals surface area (Å²) in [5.74, 6) is -1.23. The maximum atomic E-state index is 10.5. The largest absolute Gasteiger partial charge is 0.504 e. The van der Waals surface area contributed by atoms with Crippen molar-refractivity contribution in [1.29, 1.82) is 0 Å². The molecule has 0 unspecified atom stereocenters. The maximum absolute atomic E-state index is 10.5. The zero-order valence-corrected chi connectivity index (χ0v) is 8.97. The Morgan fingerprint density at radius 1 is 1.31 bits per heavy atom. The van der Waals surface area contributed by atoms with Gasteiger partial charge in [-0.3, -0.25) is 0 Å². The van der Waals surface area contributed by atoms with Crippen LogP contribution in [-0.4, -0.2) is 21.3 Å². The van der Waals surface area contributed by atoms with Crippen LogP contribution < -0.4 is 0 Å². The first-order valence-electron chi connectivity index (χ1n) is 4.91. The van der Waals surface area contributed by atoms with Crippen LogP contribution in [0.3, 0.4) is 0 Å².